The Kier molecular flexibility index (Phi) is 3.28. The van der Waals surface area contributed by atoms with Crippen molar-refractivity contribution in [3.05, 3.63) is 17.5 Å². The van der Waals surface area contributed by atoms with Gasteiger partial charge in [0.1, 0.15) is 17.3 Å². The molecular weight excluding hydrogens is 266 g/mol. The Labute approximate surface area is 116 Å². The van der Waals surface area contributed by atoms with Crippen LogP contribution in [0.25, 0.3) is 5.78 Å². The Morgan fingerprint density at radius 2 is 2.16 bits per heavy atom. The first-order chi connectivity index (χ1) is 9.15. The standard InChI is InChI=1S/C12H16ClN5O/c1-8(19)9-2-4-17(5-3-9)11-6-10(13)16-12-14-7-15-18(11)12/h6-9,19H,2-5H2,1H3. The number of halogens is 1. The first-order valence-electron chi connectivity index (χ1n) is 6.44. The van der Waals surface area contributed by atoms with Crippen molar-refractivity contribution in [2.75, 3.05) is 18.0 Å². The van der Waals surface area contributed by atoms with Crippen molar-refractivity contribution in [2.45, 2.75) is 25.9 Å². The molecule has 2 aromatic rings. The number of fused-ring (bicyclic) bond motifs is 1. The van der Waals surface area contributed by atoms with Gasteiger partial charge in [-0.1, -0.05) is 11.6 Å². The fourth-order valence-corrected chi connectivity index (χ4v) is 2.78. The Morgan fingerprint density at radius 3 is 2.84 bits per heavy atom. The molecule has 6 nitrogen and oxygen atoms in total. The van der Waals surface area contributed by atoms with Crippen LogP contribution in [0.4, 0.5) is 5.82 Å². The minimum atomic E-state index is -0.241. The molecule has 1 N–H and O–H groups in total. The number of rotatable bonds is 2. The Hall–Kier alpha value is -1.40. The summed E-state index contributed by atoms with van der Waals surface area (Å²) in [5, 5.41) is 14.2. The van der Waals surface area contributed by atoms with E-state index >= 15 is 0 Å². The van der Waals surface area contributed by atoms with E-state index in [2.05, 4.69) is 20.0 Å². The van der Waals surface area contributed by atoms with Crippen molar-refractivity contribution < 1.29 is 5.11 Å². The van der Waals surface area contributed by atoms with E-state index in [1.165, 1.54) is 6.33 Å². The van der Waals surface area contributed by atoms with Gasteiger partial charge >= 0.3 is 0 Å². The molecule has 0 aromatic carbocycles. The van der Waals surface area contributed by atoms with Crippen molar-refractivity contribution in [1.29, 1.82) is 0 Å². The summed E-state index contributed by atoms with van der Waals surface area (Å²) in [4.78, 5) is 10.4. The van der Waals surface area contributed by atoms with Crippen LogP contribution in [0, 0.1) is 5.92 Å². The summed E-state index contributed by atoms with van der Waals surface area (Å²) in [5.74, 6) is 1.80. The fourth-order valence-electron chi connectivity index (χ4n) is 2.60. The molecule has 1 saturated heterocycles. The highest BCUT2D eigenvalue weighted by atomic mass is 35.5. The van der Waals surface area contributed by atoms with Crippen LogP contribution in [-0.4, -0.2) is 43.9 Å². The molecule has 0 spiro atoms. The number of nitrogens with zero attached hydrogens (tertiary/aromatic N) is 5. The molecule has 7 heteroatoms. The monoisotopic (exact) mass is 281 g/mol. The summed E-state index contributed by atoms with van der Waals surface area (Å²) in [5.41, 5.74) is 0. The smallest absolute Gasteiger partial charge is 0.255 e. The Balaban J connectivity index is 1.87. The number of aliphatic hydroxyl groups is 1. The van der Waals surface area contributed by atoms with Crippen molar-refractivity contribution in [1.82, 2.24) is 19.6 Å². The summed E-state index contributed by atoms with van der Waals surface area (Å²) >= 11 is 6.02. The lowest BCUT2D eigenvalue weighted by molar-refractivity contribution is 0.109. The highest BCUT2D eigenvalue weighted by Crippen LogP contribution is 2.26. The lowest BCUT2D eigenvalue weighted by Crippen LogP contribution is -2.38. The van der Waals surface area contributed by atoms with E-state index in [0.29, 0.717) is 16.8 Å². The highest BCUT2D eigenvalue weighted by molar-refractivity contribution is 6.29. The molecule has 3 rings (SSSR count). The van der Waals surface area contributed by atoms with Gasteiger partial charge in [0.25, 0.3) is 5.78 Å². The second kappa shape index (κ2) is 4.94. The summed E-state index contributed by atoms with van der Waals surface area (Å²) in [6, 6.07) is 1.81. The van der Waals surface area contributed by atoms with Gasteiger partial charge in [0, 0.05) is 19.2 Å². The van der Waals surface area contributed by atoms with Crippen LogP contribution in [0.3, 0.4) is 0 Å². The van der Waals surface area contributed by atoms with E-state index in [4.69, 9.17) is 11.6 Å². The van der Waals surface area contributed by atoms with Gasteiger partial charge in [-0.2, -0.15) is 19.6 Å². The van der Waals surface area contributed by atoms with Crippen molar-refractivity contribution in [2.24, 2.45) is 5.92 Å². The molecule has 0 saturated carbocycles. The first kappa shape index (κ1) is 12.6. The average molecular weight is 282 g/mol. The maximum absolute atomic E-state index is 9.64. The van der Waals surface area contributed by atoms with Gasteiger partial charge in [-0.3, -0.25) is 0 Å². The highest BCUT2D eigenvalue weighted by Gasteiger charge is 2.24. The van der Waals surface area contributed by atoms with Crippen LogP contribution in [0.15, 0.2) is 12.4 Å². The quantitative estimate of drug-likeness (QED) is 0.843. The third-order valence-corrected chi connectivity index (χ3v) is 3.94. The maximum Gasteiger partial charge on any atom is 0.255 e. The average Bonchev–Trinajstić information content (AvgIpc) is 2.85. The fraction of sp³-hybridized carbons (Fsp3) is 0.583. The normalized spacial score (nSPS) is 19.0. The van der Waals surface area contributed by atoms with E-state index in [1.807, 2.05) is 13.0 Å². The molecule has 0 radical (unpaired) electrons. The Bertz CT molecular complexity index is 577. The minimum Gasteiger partial charge on any atom is -0.393 e. The van der Waals surface area contributed by atoms with E-state index < -0.39 is 0 Å². The van der Waals surface area contributed by atoms with Crippen LogP contribution >= 0.6 is 11.6 Å². The SMILES string of the molecule is CC(O)C1CCN(c2cc(Cl)nc3ncnn23)CC1. The zero-order valence-electron chi connectivity index (χ0n) is 10.7. The number of aromatic nitrogens is 4. The van der Waals surface area contributed by atoms with Gasteiger partial charge in [-0.25, -0.2) is 0 Å². The van der Waals surface area contributed by atoms with E-state index in [1.54, 1.807) is 4.52 Å². The zero-order chi connectivity index (χ0) is 13.4. The zero-order valence-corrected chi connectivity index (χ0v) is 11.5. The summed E-state index contributed by atoms with van der Waals surface area (Å²) in [6.45, 7) is 3.62. The molecule has 1 aliphatic rings. The molecule has 102 valence electrons. The van der Waals surface area contributed by atoms with Crippen molar-refractivity contribution in [3.63, 3.8) is 0 Å². The summed E-state index contributed by atoms with van der Waals surface area (Å²) < 4.78 is 1.70. The topological polar surface area (TPSA) is 66.5 Å². The van der Waals surface area contributed by atoms with Crippen LogP contribution in [0.2, 0.25) is 5.15 Å². The van der Waals surface area contributed by atoms with Crippen molar-refractivity contribution in [3.8, 4) is 0 Å². The van der Waals surface area contributed by atoms with Gasteiger partial charge in [0.2, 0.25) is 0 Å². The molecule has 19 heavy (non-hydrogen) atoms. The second-order valence-electron chi connectivity index (χ2n) is 4.97. The van der Waals surface area contributed by atoms with Crippen LogP contribution in [0.1, 0.15) is 19.8 Å². The van der Waals surface area contributed by atoms with Gasteiger partial charge < -0.3 is 10.0 Å². The number of hydrogen-bond acceptors (Lipinski definition) is 5. The molecule has 0 aliphatic carbocycles. The lowest BCUT2D eigenvalue weighted by atomic mass is 9.92. The van der Waals surface area contributed by atoms with E-state index in [-0.39, 0.29) is 6.10 Å². The van der Waals surface area contributed by atoms with Crippen LogP contribution in [0.5, 0.6) is 0 Å². The molecule has 1 unspecified atom stereocenters. The Morgan fingerprint density at radius 1 is 1.42 bits per heavy atom. The third kappa shape index (κ3) is 2.37. The maximum atomic E-state index is 9.64. The molecule has 0 bridgehead atoms. The number of anilines is 1. The largest absolute Gasteiger partial charge is 0.393 e. The molecule has 3 heterocycles. The summed E-state index contributed by atoms with van der Waals surface area (Å²) in [6.07, 6.45) is 3.17. The van der Waals surface area contributed by atoms with Crippen molar-refractivity contribution >= 4 is 23.2 Å². The second-order valence-corrected chi connectivity index (χ2v) is 5.36. The molecule has 0 amide bonds. The van der Waals surface area contributed by atoms with Gasteiger partial charge in [0.05, 0.1) is 6.10 Å². The van der Waals surface area contributed by atoms with Crippen LogP contribution < -0.4 is 4.90 Å². The molecule has 2 aromatic heterocycles. The van der Waals surface area contributed by atoms with Gasteiger partial charge in [0.15, 0.2) is 0 Å². The van der Waals surface area contributed by atoms with Gasteiger partial charge in [-0.05, 0) is 25.7 Å². The number of aliphatic hydroxyl groups excluding tert-OH is 1. The number of piperidine rings is 1. The van der Waals surface area contributed by atoms with Crippen LogP contribution in [-0.2, 0) is 0 Å². The molecular formula is C12H16ClN5O. The van der Waals surface area contributed by atoms with E-state index in [9.17, 15) is 5.11 Å². The predicted molar refractivity (Wildman–Crippen MR) is 72.4 cm³/mol. The predicted octanol–water partition coefficient (Wildman–Crippen LogP) is 1.37. The van der Waals surface area contributed by atoms with Gasteiger partial charge in [-0.15, -0.1) is 0 Å². The van der Waals surface area contributed by atoms with E-state index in [0.717, 1.165) is 31.7 Å². The molecule has 1 aliphatic heterocycles. The summed E-state index contributed by atoms with van der Waals surface area (Å²) in [7, 11) is 0. The first-order valence-corrected chi connectivity index (χ1v) is 6.82. The third-order valence-electron chi connectivity index (χ3n) is 3.75. The minimum absolute atomic E-state index is 0.241. The molecule has 1 fully saturated rings. The number of hydrogen-bond donors (Lipinski definition) is 1. The molecule has 1 atom stereocenters. The lowest BCUT2D eigenvalue weighted by Gasteiger charge is -2.34.